The van der Waals surface area contributed by atoms with Gasteiger partial charge in [0.1, 0.15) is 0 Å². The van der Waals surface area contributed by atoms with Gasteiger partial charge in [0.2, 0.25) is 5.95 Å². The van der Waals surface area contributed by atoms with Crippen LogP contribution in [0.4, 0.5) is 24.8 Å². The first-order chi connectivity index (χ1) is 9.39. The average molecular weight is 283 g/mol. The minimum absolute atomic E-state index is 0.130. The number of nitrogens with zero attached hydrogens (tertiary/aromatic N) is 3. The van der Waals surface area contributed by atoms with Crippen LogP contribution >= 0.6 is 0 Å². The van der Waals surface area contributed by atoms with Crippen LogP contribution in [0.3, 0.4) is 0 Å². The maximum absolute atomic E-state index is 12.7. The van der Waals surface area contributed by atoms with Gasteiger partial charge in [-0.1, -0.05) is 6.07 Å². The Morgan fingerprint density at radius 3 is 2.60 bits per heavy atom. The van der Waals surface area contributed by atoms with E-state index in [4.69, 9.17) is 5.73 Å². The number of hydrogen-bond acceptors (Lipinski definition) is 5. The Kier molecular flexibility index (Phi) is 3.51. The standard InChI is InChI=1S/C11H8F3N5O/c12-11(13,14)7-3-1-2-6(8(7)15)9(20)18-10-16-4-5-17-19-10/h1-5H,15H2,(H,16,18,19,20). The van der Waals surface area contributed by atoms with E-state index in [0.29, 0.717) is 0 Å². The number of carbonyl (C=O) groups excluding carboxylic acids is 1. The summed E-state index contributed by atoms with van der Waals surface area (Å²) in [4.78, 5) is 15.5. The average Bonchev–Trinajstić information content (AvgIpc) is 2.38. The molecule has 0 fully saturated rings. The zero-order valence-electron chi connectivity index (χ0n) is 9.85. The van der Waals surface area contributed by atoms with Crippen molar-refractivity contribution in [2.75, 3.05) is 11.1 Å². The minimum Gasteiger partial charge on any atom is -0.398 e. The minimum atomic E-state index is -4.63. The summed E-state index contributed by atoms with van der Waals surface area (Å²) in [7, 11) is 0. The quantitative estimate of drug-likeness (QED) is 0.818. The zero-order valence-corrected chi connectivity index (χ0v) is 9.85. The number of carbonyl (C=O) groups is 1. The summed E-state index contributed by atoms with van der Waals surface area (Å²) in [6.07, 6.45) is -2.07. The van der Waals surface area contributed by atoms with E-state index in [9.17, 15) is 18.0 Å². The molecule has 1 aromatic carbocycles. The molecule has 1 amide bonds. The summed E-state index contributed by atoms with van der Waals surface area (Å²) in [5.41, 5.74) is 3.35. The normalized spacial score (nSPS) is 11.2. The molecule has 0 spiro atoms. The topological polar surface area (TPSA) is 93.8 Å². The number of nitrogen functional groups attached to an aromatic ring is 1. The summed E-state index contributed by atoms with van der Waals surface area (Å²) < 4.78 is 38.0. The van der Waals surface area contributed by atoms with Crippen LogP contribution in [0, 0.1) is 0 Å². The van der Waals surface area contributed by atoms with Gasteiger partial charge in [-0.25, -0.2) is 4.98 Å². The Morgan fingerprint density at radius 1 is 1.25 bits per heavy atom. The number of para-hydroxylation sites is 1. The third kappa shape index (κ3) is 2.82. The summed E-state index contributed by atoms with van der Waals surface area (Å²) >= 11 is 0. The smallest absolute Gasteiger partial charge is 0.398 e. The first kappa shape index (κ1) is 13.7. The number of hydrogen-bond donors (Lipinski definition) is 2. The number of benzene rings is 1. The molecule has 0 saturated carbocycles. The molecule has 0 aliphatic carbocycles. The second-order valence-corrected chi connectivity index (χ2v) is 3.69. The van der Waals surface area contributed by atoms with E-state index in [1.807, 2.05) is 0 Å². The molecule has 3 N–H and O–H groups in total. The van der Waals surface area contributed by atoms with Crippen LogP contribution in [-0.2, 0) is 6.18 Å². The predicted octanol–water partition coefficient (Wildman–Crippen LogP) is 1.72. The van der Waals surface area contributed by atoms with E-state index < -0.39 is 23.3 Å². The van der Waals surface area contributed by atoms with Gasteiger partial charge in [-0.05, 0) is 12.1 Å². The van der Waals surface area contributed by atoms with Gasteiger partial charge in [-0.2, -0.15) is 18.3 Å². The molecule has 0 radical (unpaired) electrons. The molecule has 2 aromatic rings. The number of halogens is 3. The number of nitrogens with two attached hydrogens (primary N) is 1. The van der Waals surface area contributed by atoms with Gasteiger partial charge in [-0.3, -0.25) is 10.1 Å². The molecule has 0 unspecified atom stereocenters. The molecule has 2 rings (SSSR count). The molecule has 0 atom stereocenters. The fourth-order valence-electron chi connectivity index (χ4n) is 1.48. The molecular formula is C11H8F3N5O. The molecular weight excluding hydrogens is 275 g/mol. The van der Waals surface area contributed by atoms with E-state index in [2.05, 4.69) is 20.5 Å². The lowest BCUT2D eigenvalue weighted by atomic mass is 10.1. The number of aromatic nitrogens is 3. The first-order valence-electron chi connectivity index (χ1n) is 5.30. The van der Waals surface area contributed by atoms with Crippen molar-refractivity contribution < 1.29 is 18.0 Å². The highest BCUT2D eigenvalue weighted by molar-refractivity contribution is 6.07. The fraction of sp³-hybridized carbons (Fsp3) is 0.0909. The summed E-state index contributed by atoms with van der Waals surface area (Å²) in [5.74, 6) is -0.976. The maximum Gasteiger partial charge on any atom is 0.418 e. The van der Waals surface area contributed by atoms with Gasteiger partial charge in [0.05, 0.1) is 29.2 Å². The molecule has 104 valence electrons. The number of rotatable bonds is 2. The molecule has 0 aliphatic rings. The van der Waals surface area contributed by atoms with Crippen LogP contribution in [-0.4, -0.2) is 21.1 Å². The lowest BCUT2D eigenvalue weighted by Gasteiger charge is -2.12. The van der Waals surface area contributed by atoms with Gasteiger partial charge < -0.3 is 5.73 Å². The molecule has 0 saturated heterocycles. The van der Waals surface area contributed by atoms with Crippen molar-refractivity contribution in [1.29, 1.82) is 0 Å². The van der Waals surface area contributed by atoms with Crippen molar-refractivity contribution >= 4 is 17.5 Å². The lowest BCUT2D eigenvalue weighted by Crippen LogP contribution is -2.19. The number of amides is 1. The van der Waals surface area contributed by atoms with E-state index in [0.717, 1.165) is 12.1 Å². The molecule has 0 bridgehead atoms. The second-order valence-electron chi connectivity index (χ2n) is 3.69. The van der Waals surface area contributed by atoms with E-state index in [1.54, 1.807) is 0 Å². The highest BCUT2D eigenvalue weighted by Gasteiger charge is 2.34. The SMILES string of the molecule is Nc1c(C(=O)Nc2nccnn2)cccc1C(F)(F)F. The Balaban J connectivity index is 2.32. The largest absolute Gasteiger partial charge is 0.418 e. The van der Waals surface area contributed by atoms with Gasteiger partial charge in [0.25, 0.3) is 5.91 Å². The highest BCUT2D eigenvalue weighted by atomic mass is 19.4. The van der Waals surface area contributed by atoms with Crippen LogP contribution in [0.5, 0.6) is 0 Å². The van der Waals surface area contributed by atoms with Gasteiger partial charge in [0, 0.05) is 0 Å². The number of anilines is 2. The molecule has 20 heavy (non-hydrogen) atoms. The molecule has 9 heteroatoms. The maximum atomic E-state index is 12.7. The Labute approximate surface area is 110 Å². The van der Waals surface area contributed by atoms with Crippen molar-refractivity contribution in [2.24, 2.45) is 0 Å². The van der Waals surface area contributed by atoms with E-state index >= 15 is 0 Å². The predicted molar refractivity (Wildman–Crippen MR) is 63.6 cm³/mol. The Morgan fingerprint density at radius 2 is 2.00 bits per heavy atom. The Hall–Kier alpha value is -2.71. The third-order valence-corrected chi connectivity index (χ3v) is 2.36. The lowest BCUT2D eigenvalue weighted by molar-refractivity contribution is -0.136. The summed E-state index contributed by atoms with van der Waals surface area (Å²) in [6, 6.07) is 3.07. The second kappa shape index (κ2) is 5.11. The fourth-order valence-corrected chi connectivity index (χ4v) is 1.48. The van der Waals surface area contributed by atoms with Crippen LogP contribution in [0.1, 0.15) is 15.9 Å². The van der Waals surface area contributed by atoms with Crippen LogP contribution in [0.15, 0.2) is 30.6 Å². The molecule has 0 aliphatic heterocycles. The van der Waals surface area contributed by atoms with Gasteiger partial charge in [0.15, 0.2) is 0 Å². The van der Waals surface area contributed by atoms with Crippen LogP contribution in [0.25, 0.3) is 0 Å². The highest BCUT2D eigenvalue weighted by Crippen LogP contribution is 2.34. The van der Waals surface area contributed by atoms with Gasteiger partial charge >= 0.3 is 6.18 Å². The van der Waals surface area contributed by atoms with E-state index in [-0.39, 0.29) is 11.5 Å². The van der Waals surface area contributed by atoms with Crippen LogP contribution in [0.2, 0.25) is 0 Å². The summed E-state index contributed by atoms with van der Waals surface area (Å²) in [6.45, 7) is 0. The van der Waals surface area contributed by atoms with Crippen molar-refractivity contribution in [3.63, 3.8) is 0 Å². The van der Waals surface area contributed by atoms with Gasteiger partial charge in [-0.15, -0.1) is 5.10 Å². The van der Waals surface area contributed by atoms with Crippen LogP contribution < -0.4 is 11.1 Å². The molecule has 1 aromatic heterocycles. The number of nitrogens with one attached hydrogen (secondary N) is 1. The zero-order chi connectivity index (χ0) is 14.8. The Bertz CT molecular complexity index is 630. The first-order valence-corrected chi connectivity index (χ1v) is 5.30. The molecule has 1 heterocycles. The van der Waals surface area contributed by atoms with E-state index in [1.165, 1.54) is 18.5 Å². The monoisotopic (exact) mass is 283 g/mol. The van der Waals surface area contributed by atoms with Crippen molar-refractivity contribution in [3.8, 4) is 0 Å². The van der Waals surface area contributed by atoms with Crippen molar-refractivity contribution in [1.82, 2.24) is 15.2 Å². The molecule has 6 nitrogen and oxygen atoms in total. The summed E-state index contributed by atoms with van der Waals surface area (Å²) in [5, 5.41) is 9.17. The van der Waals surface area contributed by atoms with Crippen molar-refractivity contribution in [3.05, 3.63) is 41.7 Å². The third-order valence-electron chi connectivity index (χ3n) is 2.36. The number of alkyl halides is 3. The van der Waals surface area contributed by atoms with Crippen molar-refractivity contribution in [2.45, 2.75) is 6.18 Å².